The second-order valence-corrected chi connectivity index (χ2v) is 15.5. The Morgan fingerprint density at radius 3 is 2.47 bits per heavy atom. The van der Waals surface area contributed by atoms with Crippen molar-refractivity contribution in [3.8, 4) is 11.9 Å². The van der Waals surface area contributed by atoms with Crippen LogP contribution in [0.25, 0.3) is 5.82 Å². The Kier molecular flexibility index (Phi) is 8.89. The minimum atomic E-state index is -1.99. The number of methoxy groups -OCH3 is 1. The van der Waals surface area contributed by atoms with E-state index in [1.54, 1.807) is 19.2 Å². The van der Waals surface area contributed by atoms with Crippen LogP contribution in [0.3, 0.4) is 0 Å². The van der Waals surface area contributed by atoms with Gasteiger partial charge in [0.2, 0.25) is 0 Å². The Morgan fingerprint density at radius 1 is 1.16 bits per heavy atom. The van der Waals surface area contributed by atoms with Crippen LogP contribution in [0.1, 0.15) is 63.6 Å². The lowest BCUT2D eigenvalue weighted by atomic mass is 10.0. The smallest absolute Gasteiger partial charge is 0.323 e. The van der Waals surface area contributed by atoms with Crippen LogP contribution in [0, 0.1) is 11.3 Å². The van der Waals surface area contributed by atoms with Gasteiger partial charge in [-0.3, -0.25) is 4.98 Å². The maximum Gasteiger partial charge on any atom is 0.323 e. The molecule has 0 saturated heterocycles. The van der Waals surface area contributed by atoms with Crippen LogP contribution < -0.4 is 10.6 Å². The highest BCUT2D eigenvalue weighted by Crippen LogP contribution is 2.39. The third-order valence-corrected chi connectivity index (χ3v) is 11.4. The standard InChI is InChI=1S/C25H33ClN8O3Si/c1-15(37-38(7,8)25(3,4)5)20-14-30-34(33-20)23-19(26)9-18(12-29-23)31-24(35)32-21-13-28-11-17(10-27)22(21)16(2)36-6/h9,11-16H,1-8H3,(H2,31,32,35)/t15?,16-/m0/s1. The van der Waals surface area contributed by atoms with E-state index in [0.29, 0.717) is 34.0 Å². The molecule has 3 aromatic heterocycles. The maximum absolute atomic E-state index is 12.7. The second-order valence-electron chi connectivity index (χ2n) is 10.3. The highest BCUT2D eigenvalue weighted by molar-refractivity contribution is 6.74. The summed E-state index contributed by atoms with van der Waals surface area (Å²) in [5, 5.41) is 23.9. The van der Waals surface area contributed by atoms with E-state index in [9.17, 15) is 10.1 Å². The van der Waals surface area contributed by atoms with Gasteiger partial charge < -0.3 is 19.8 Å². The number of anilines is 2. The van der Waals surface area contributed by atoms with E-state index in [1.807, 2.05) is 6.92 Å². The molecule has 2 atom stereocenters. The van der Waals surface area contributed by atoms with Crippen LogP contribution in [-0.2, 0) is 9.16 Å². The summed E-state index contributed by atoms with van der Waals surface area (Å²) in [5.74, 6) is 0.311. The fraction of sp³-hybridized carbons (Fsp3) is 0.440. The topological polar surface area (TPSA) is 140 Å². The minimum Gasteiger partial charge on any atom is -0.409 e. The number of hydrogen-bond donors (Lipinski definition) is 2. The molecule has 0 radical (unpaired) electrons. The highest BCUT2D eigenvalue weighted by atomic mass is 35.5. The number of amides is 2. The van der Waals surface area contributed by atoms with Crippen LogP contribution in [0.15, 0.2) is 30.9 Å². The zero-order valence-electron chi connectivity index (χ0n) is 22.8. The van der Waals surface area contributed by atoms with Crippen molar-refractivity contribution in [3.63, 3.8) is 0 Å². The van der Waals surface area contributed by atoms with Crippen LogP contribution in [0.2, 0.25) is 23.2 Å². The predicted molar refractivity (Wildman–Crippen MR) is 148 cm³/mol. The second kappa shape index (κ2) is 11.6. The molecule has 0 fully saturated rings. The van der Waals surface area contributed by atoms with Gasteiger partial charge in [-0.1, -0.05) is 32.4 Å². The predicted octanol–water partition coefficient (Wildman–Crippen LogP) is 6.02. The van der Waals surface area contributed by atoms with Gasteiger partial charge in [0.05, 0.1) is 52.8 Å². The lowest BCUT2D eigenvalue weighted by molar-refractivity contribution is 0.120. The third kappa shape index (κ3) is 6.54. The maximum atomic E-state index is 12.7. The van der Waals surface area contributed by atoms with Gasteiger partial charge >= 0.3 is 6.03 Å². The molecule has 38 heavy (non-hydrogen) atoms. The fourth-order valence-corrected chi connectivity index (χ4v) is 4.99. The van der Waals surface area contributed by atoms with Gasteiger partial charge in [0.15, 0.2) is 14.1 Å². The van der Waals surface area contributed by atoms with Gasteiger partial charge in [0.25, 0.3) is 0 Å². The molecule has 0 bridgehead atoms. The lowest BCUT2D eigenvalue weighted by Crippen LogP contribution is -2.41. The number of rotatable bonds is 8. The monoisotopic (exact) mass is 556 g/mol. The number of carbonyl (C=O) groups excluding carboxylic acids is 1. The normalized spacial score (nSPS) is 13.5. The SMILES string of the molecule is CO[C@@H](C)c1c(C#N)cncc1NC(=O)Nc1cnc(-n2ncc(C(C)O[Si](C)(C)C(C)(C)C)n2)c(Cl)c1. The van der Waals surface area contributed by atoms with Crippen molar-refractivity contribution in [3.05, 3.63) is 52.7 Å². The van der Waals surface area contributed by atoms with E-state index in [-0.39, 0.29) is 16.2 Å². The summed E-state index contributed by atoms with van der Waals surface area (Å²) in [6, 6.07) is 3.05. The number of halogens is 1. The first-order chi connectivity index (χ1) is 17.8. The summed E-state index contributed by atoms with van der Waals surface area (Å²) >= 11 is 6.47. The molecule has 0 aliphatic rings. The number of hydrogen-bond acceptors (Lipinski definition) is 8. The van der Waals surface area contributed by atoms with Crippen molar-refractivity contribution < 1.29 is 14.0 Å². The van der Waals surface area contributed by atoms with E-state index in [2.05, 4.69) is 70.7 Å². The summed E-state index contributed by atoms with van der Waals surface area (Å²) < 4.78 is 11.8. The van der Waals surface area contributed by atoms with Crippen molar-refractivity contribution in [2.24, 2.45) is 0 Å². The number of nitrogens with zero attached hydrogens (tertiary/aromatic N) is 6. The van der Waals surface area contributed by atoms with Crippen molar-refractivity contribution >= 4 is 37.3 Å². The summed E-state index contributed by atoms with van der Waals surface area (Å²) in [6.07, 6.45) is 5.29. The van der Waals surface area contributed by atoms with E-state index in [4.69, 9.17) is 20.8 Å². The largest absolute Gasteiger partial charge is 0.409 e. The average Bonchev–Trinajstić information content (AvgIpc) is 3.32. The van der Waals surface area contributed by atoms with E-state index >= 15 is 0 Å². The Bertz CT molecular complexity index is 1350. The molecule has 0 aliphatic carbocycles. The van der Waals surface area contributed by atoms with Gasteiger partial charge in [0, 0.05) is 18.9 Å². The van der Waals surface area contributed by atoms with Crippen molar-refractivity contribution in [2.75, 3.05) is 17.7 Å². The van der Waals surface area contributed by atoms with Gasteiger partial charge in [-0.25, -0.2) is 9.78 Å². The van der Waals surface area contributed by atoms with Gasteiger partial charge in [0.1, 0.15) is 11.8 Å². The number of ether oxygens (including phenoxy) is 1. The van der Waals surface area contributed by atoms with Crippen LogP contribution in [-0.4, -0.2) is 46.4 Å². The van der Waals surface area contributed by atoms with E-state index < -0.39 is 20.5 Å². The fourth-order valence-electron chi connectivity index (χ4n) is 3.39. The quantitative estimate of drug-likeness (QED) is 0.321. The molecular formula is C25H33ClN8O3Si. The van der Waals surface area contributed by atoms with Gasteiger partial charge in [-0.2, -0.15) is 10.4 Å². The zero-order chi connectivity index (χ0) is 28.3. The van der Waals surface area contributed by atoms with Crippen LogP contribution >= 0.6 is 11.6 Å². The summed E-state index contributed by atoms with van der Waals surface area (Å²) in [7, 11) is -0.474. The average molecular weight is 557 g/mol. The third-order valence-electron chi connectivity index (χ3n) is 6.59. The van der Waals surface area contributed by atoms with Crippen molar-refractivity contribution in [2.45, 2.75) is 65.0 Å². The molecule has 0 aliphatic heterocycles. The number of carbonyl (C=O) groups is 1. The number of urea groups is 1. The van der Waals surface area contributed by atoms with Crippen molar-refractivity contribution in [1.82, 2.24) is 25.0 Å². The molecular weight excluding hydrogens is 524 g/mol. The first-order valence-corrected chi connectivity index (χ1v) is 15.3. The van der Waals surface area contributed by atoms with E-state index in [1.165, 1.54) is 30.5 Å². The number of nitrogens with one attached hydrogen (secondary N) is 2. The number of nitriles is 1. The Morgan fingerprint density at radius 2 is 1.87 bits per heavy atom. The first-order valence-electron chi connectivity index (χ1n) is 12.0. The number of aromatic nitrogens is 5. The molecule has 11 nitrogen and oxygen atoms in total. The molecule has 0 spiro atoms. The zero-order valence-corrected chi connectivity index (χ0v) is 24.6. The Labute approximate surface area is 228 Å². The lowest BCUT2D eigenvalue weighted by Gasteiger charge is -2.38. The van der Waals surface area contributed by atoms with Gasteiger partial charge in [-0.05, 0) is 38.0 Å². The molecule has 3 heterocycles. The molecule has 2 N–H and O–H groups in total. The highest BCUT2D eigenvalue weighted by Gasteiger charge is 2.39. The Hall–Kier alpha value is -3.37. The minimum absolute atomic E-state index is 0.0653. The summed E-state index contributed by atoms with van der Waals surface area (Å²) in [4.78, 5) is 22.4. The Balaban J connectivity index is 1.73. The molecule has 3 aromatic rings. The van der Waals surface area contributed by atoms with Crippen molar-refractivity contribution in [1.29, 1.82) is 5.26 Å². The summed E-state index contributed by atoms with van der Waals surface area (Å²) in [6.45, 7) is 14.6. The summed E-state index contributed by atoms with van der Waals surface area (Å²) in [5.41, 5.74) is 2.21. The van der Waals surface area contributed by atoms with Crippen LogP contribution in [0.4, 0.5) is 16.2 Å². The van der Waals surface area contributed by atoms with Crippen LogP contribution in [0.5, 0.6) is 0 Å². The first kappa shape index (κ1) is 29.2. The number of pyridine rings is 2. The molecule has 3 rings (SSSR count). The molecule has 1 unspecified atom stereocenters. The molecule has 2 amide bonds. The van der Waals surface area contributed by atoms with Gasteiger partial charge in [-0.15, -0.1) is 9.90 Å². The molecule has 202 valence electrons. The molecule has 13 heteroatoms. The molecule has 0 saturated carbocycles. The van der Waals surface area contributed by atoms with E-state index in [0.717, 1.165) is 0 Å². The molecule has 0 aromatic carbocycles.